The normalized spacial score (nSPS) is 18.6. The smallest absolute Gasteiger partial charge is 0.408 e. The molecule has 0 aromatic heterocycles. The van der Waals surface area contributed by atoms with Crippen LogP contribution >= 0.6 is 0 Å². The van der Waals surface area contributed by atoms with E-state index in [1.54, 1.807) is 20.8 Å². The van der Waals surface area contributed by atoms with Gasteiger partial charge in [0, 0.05) is 6.54 Å². The summed E-state index contributed by atoms with van der Waals surface area (Å²) in [7, 11) is 0. The highest BCUT2D eigenvalue weighted by atomic mass is 16.6. The van der Waals surface area contributed by atoms with Gasteiger partial charge in [-0.1, -0.05) is 73.6 Å². The molecule has 1 rings (SSSR count). The van der Waals surface area contributed by atoms with Crippen LogP contribution in [-0.2, 0) is 19.1 Å². The molecule has 3 unspecified atom stereocenters. The number of amides is 4. The molecule has 0 bridgehead atoms. The second-order valence-corrected chi connectivity index (χ2v) is 13.7. The van der Waals surface area contributed by atoms with Crippen molar-refractivity contribution in [1.29, 1.82) is 0 Å². The van der Waals surface area contributed by atoms with E-state index in [1.807, 2.05) is 41.5 Å². The van der Waals surface area contributed by atoms with Gasteiger partial charge in [0.25, 0.3) is 0 Å². The standard InChI is InChI=1S/C32H60N4O6/c1-10-21(5)27(35-30(40)28(22(6)11-2)36-31(41)42-32(7,8)9)29(39)34-24(17-20(3)4)25(37)18-26(38)33-19-23-15-13-12-14-16-23/h20-25,27-28,37H,10-19H2,1-9H3,(H,33,38)(H,34,39)(H,35,40)(H,36,41)/t21?,22?,24-,25?,27-,28-/m0/s1. The van der Waals surface area contributed by atoms with E-state index in [2.05, 4.69) is 21.3 Å². The Hall–Kier alpha value is -2.36. The first kappa shape index (κ1) is 37.7. The van der Waals surface area contributed by atoms with Crippen LogP contribution in [-0.4, -0.2) is 65.3 Å². The predicted octanol–water partition coefficient (Wildman–Crippen LogP) is 4.44. The lowest BCUT2D eigenvalue weighted by Gasteiger charge is -2.32. The van der Waals surface area contributed by atoms with E-state index in [0.717, 1.165) is 12.8 Å². The molecule has 244 valence electrons. The molecule has 1 aliphatic carbocycles. The summed E-state index contributed by atoms with van der Waals surface area (Å²) < 4.78 is 5.36. The maximum absolute atomic E-state index is 13.6. The minimum Gasteiger partial charge on any atom is -0.444 e. The van der Waals surface area contributed by atoms with E-state index >= 15 is 0 Å². The molecule has 0 aromatic carbocycles. The first-order valence-corrected chi connectivity index (χ1v) is 16.1. The molecule has 1 fully saturated rings. The third-order valence-electron chi connectivity index (χ3n) is 8.19. The minimum atomic E-state index is -1.07. The summed E-state index contributed by atoms with van der Waals surface area (Å²) in [6.45, 7) is 17.4. The first-order chi connectivity index (χ1) is 19.6. The van der Waals surface area contributed by atoms with E-state index in [9.17, 15) is 24.3 Å². The number of carbonyl (C=O) groups excluding carboxylic acids is 4. The molecule has 0 radical (unpaired) electrons. The van der Waals surface area contributed by atoms with Gasteiger partial charge in [0.1, 0.15) is 17.7 Å². The molecule has 10 heteroatoms. The highest BCUT2D eigenvalue weighted by Crippen LogP contribution is 2.23. The van der Waals surface area contributed by atoms with Gasteiger partial charge in [-0.05, 0) is 63.7 Å². The molecule has 0 saturated heterocycles. The van der Waals surface area contributed by atoms with E-state index in [-0.39, 0.29) is 30.1 Å². The lowest BCUT2D eigenvalue weighted by Crippen LogP contribution is -2.59. The zero-order valence-electron chi connectivity index (χ0n) is 27.7. The summed E-state index contributed by atoms with van der Waals surface area (Å²) in [5, 5.41) is 22.5. The molecule has 0 aliphatic heterocycles. The number of nitrogens with one attached hydrogen (secondary N) is 4. The van der Waals surface area contributed by atoms with Crippen LogP contribution in [0.15, 0.2) is 0 Å². The van der Waals surface area contributed by atoms with Gasteiger partial charge in [-0.15, -0.1) is 0 Å². The number of ether oxygens (including phenoxy) is 1. The second-order valence-electron chi connectivity index (χ2n) is 13.7. The van der Waals surface area contributed by atoms with E-state index < -0.39 is 47.7 Å². The van der Waals surface area contributed by atoms with Gasteiger partial charge in [0.15, 0.2) is 0 Å². The van der Waals surface area contributed by atoms with Crippen LogP contribution in [0.3, 0.4) is 0 Å². The molecule has 1 aliphatic rings. The lowest BCUT2D eigenvalue weighted by molar-refractivity contribution is -0.133. The molecule has 1 saturated carbocycles. The van der Waals surface area contributed by atoms with Crippen LogP contribution in [0.2, 0.25) is 0 Å². The topological polar surface area (TPSA) is 146 Å². The Morgan fingerprint density at radius 1 is 0.833 bits per heavy atom. The summed E-state index contributed by atoms with van der Waals surface area (Å²) in [5.74, 6) is -0.921. The van der Waals surface area contributed by atoms with Crippen molar-refractivity contribution in [2.45, 2.75) is 150 Å². The molecule has 4 amide bonds. The van der Waals surface area contributed by atoms with Crippen LogP contribution in [0, 0.1) is 23.7 Å². The third-order valence-corrected chi connectivity index (χ3v) is 8.19. The largest absolute Gasteiger partial charge is 0.444 e. The fourth-order valence-electron chi connectivity index (χ4n) is 5.23. The average molecular weight is 597 g/mol. The quantitative estimate of drug-likeness (QED) is 0.178. The molecular formula is C32H60N4O6. The zero-order valence-corrected chi connectivity index (χ0v) is 27.7. The Morgan fingerprint density at radius 3 is 1.86 bits per heavy atom. The van der Waals surface area contributed by atoms with Crippen molar-refractivity contribution in [1.82, 2.24) is 21.3 Å². The third kappa shape index (κ3) is 14.2. The van der Waals surface area contributed by atoms with Crippen molar-refractivity contribution in [3.05, 3.63) is 0 Å². The van der Waals surface area contributed by atoms with E-state index in [4.69, 9.17) is 4.74 Å². The van der Waals surface area contributed by atoms with Gasteiger partial charge >= 0.3 is 6.09 Å². The van der Waals surface area contributed by atoms with Crippen LogP contribution in [0.4, 0.5) is 4.79 Å². The van der Waals surface area contributed by atoms with E-state index in [0.29, 0.717) is 31.7 Å². The van der Waals surface area contributed by atoms with Gasteiger partial charge in [-0.2, -0.15) is 0 Å². The molecule has 5 N–H and O–H groups in total. The number of aliphatic hydroxyl groups excluding tert-OH is 1. The van der Waals surface area contributed by atoms with Crippen molar-refractivity contribution >= 4 is 23.8 Å². The molecule has 10 nitrogen and oxygen atoms in total. The van der Waals surface area contributed by atoms with Crippen molar-refractivity contribution in [2.75, 3.05) is 6.54 Å². The molecule has 42 heavy (non-hydrogen) atoms. The zero-order chi connectivity index (χ0) is 32.0. The maximum Gasteiger partial charge on any atom is 0.408 e. The summed E-state index contributed by atoms with van der Waals surface area (Å²) in [6.07, 6.45) is 5.69. The molecule has 0 heterocycles. The first-order valence-electron chi connectivity index (χ1n) is 16.1. The fraction of sp³-hybridized carbons (Fsp3) is 0.875. The summed E-state index contributed by atoms with van der Waals surface area (Å²) in [6, 6.07) is -2.45. The van der Waals surface area contributed by atoms with Crippen LogP contribution in [0.1, 0.15) is 120 Å². The summed E-state index contributed by atoms with van der Waals surface area (Å²) >= 11 is 0. The Kier molecular flexibility index (Phi) is 16.4. The van der Waals surface area contributed by atoms with Crippen molar-refractivity contribution in [2.24, 2.45) is 23.7 Å². The highest BCUT2D eigenvalue weighted by Gasteiger charge is 2.35. The minimum absolute atomic E-state index is 0.110. The number of hydrogen-bond acceptors (Lipinski definition) is 6. The highest BCUT2D eigenvalue weighted by molar-refractivity contribution is 5.91. The fourth-order valence-corrected chi connectivity index (χ4v) is 5.23. The Morgan fingerprint density at radius 2 is 1.36 bits per heavy atom. The molecular weight excluding hydrogens is 536 g/mol. The number of hydrogen-bond donors (Lipinski definition) is 5. The average Bonchev–Trinajstić information content (AvgIpc) is 2.91. The van der Waals surface area contributed by atoms with Gasteiger partial charge in [0.05, 0.1) is 18.6 Å². The number of carbonyl (C=O) groups is 4. The van der Waals surface area contributed by atoms with Crippen LogP contribution < -0.4 is 21.3 Å². The summed E-state index contributed by atoms with van der Waals surface area (Å²) in [4.78, 5) is 52.2. The van der Waals surface area contributed by atoms with Gasteiger partial charge in [0.2, 0.25) is 17.7 Å². The summed E-state index contributed by atoms with van der Waals surface area (Å²) in [5.41, 5.74) is -0.723. The van der Waals surface area contributed by atoms with Crippen LogP contribution in [0.25, 0.3) is 0 Å². The second kappa shape index (κ2) is 18.3. The molecule has 6 atom stereocenters. The molecule has 0 spiro atoms. The lowest BCUT2D eigenvalue weighted by atomic mass is 9.89. The molecule has 0 aromatic rings. The van der Waals surface area contributed by atoms with Crippen molar-refractivity contribution in [3.8, 4) is 0 Å². The van der Waals surface area contributed by atoms with Crippen molar-refractivity contribution < 1.29 is 29.0 Å². The van der Waals surface area contributed by atoms with E-state index in [1.165, 1.54) is 19.3 Å². The Bertz CT molecular complexity index is 852. The van der Waals surface area contributed by atoms with Gasteiger partial charge in [-0.3, -0.25) is 14.4 Å². The maximum atomic E-state index is 13.6. The number of aliphatic hydroxyl groups is 1. The van der Waals surface area contributed by atoms with Crippen LogP contribution in [0.5, 0.6) is 0 Å². The SMILES string of the molecule is CCC(C)[C@H](NC(=O)OC(C)(C)C)C(=O)N[C@H](C(=O)N[C@@H](CC(C)C)C(O)CC(=O)NCC1CCCCC1)C(C)CC. The number of alkyl carbamates (subject to hydrolysis) is 1. The predicted molar refractivity (Wildman–Crippen MR) is 166 cm³/mol. The Labute approximate surface area is 254 Å². The number of rotatable bonds is 16. The Balaban J connectivity index is 2.97. The monoisotopic (exact) mass is 596 g/mol. The van der Waals surface area contributed by atoms with Gasteiger partial charge in [-0.25, -0.2) is 4.79 Å². The van der Waals surface area contributed by atoms with Gasteiger partial charge < -0.3 is 31.1 Å². The van der Waals surface area contributed by atoms with Crippen molar-refractivity contribution in [3.63, 3.8) is 0 Å².